The molecule has 100 valence electrons. The van der Waals surface area contributed by atoms with E-state index in [2.05, 4.69) is 0 Å². The zero-order valence-corrected chi connectivity index (χ0v) is 11.0. The molecule has 7 rings (SSSR count). The van der Waals surface area contributed by atoms with Crippen molar-refractivity contribution in [3.05, 3.63) is 0 Å². The molecule has 0 aliphatic heterocycles. The van der Waals surface area contributed by atoms with E-state index in [0.29, 0.717) is 0 Å². The fourth-order valence-electron chi connectivity index (χ4n) is 7.78. The van der Waals surface area contributed by atoms with Crippen molar-refractivity contribution >= 4 is 0 Å². The molecule has 0 saturated heterocycles. The van der Waals surface area contributed by atoms with Crippen molar-refractivity contribution in [2.45, 2.75) is 44.3 Å². The molecule has 7 saturated carbocycles. The molecule has 7 aliphatic carbocycles. The summed E-state index contributed by atoms with van der Waals surface area (Å²) in [5.41, 5.74) is 19.1. The number of hydrogen-bond donors (Lipinski definition) is 3. The van der Waals surface area contributed by atoms with Crippen LogP contribution >= 0.6 is 0 Å². The fraction of sp³-hybridized carbons (Fsp3) is 1.00. The van der Waals surface area contributed by atoms with E-state index in [1.165, 1.54) is 38.5 Å². The molecular weight excluding hydrogens is 222 g/mol. The van der Waals surface area contributed by atoms with Crippen molar-refractivity contribution < 1.29 is 0 Å². The summed E-state index contributed by atoms with van der Waals surface area (Å²) in [5, 5.41) is 0. The predicted molar refractivity (Wildman–Crippen MR) is 69.9 cm³/mol. The van der Waals surface area contributed by atoms with Crippen LogP contribution in [0.4, 0.5) is 0 Å². The second-order valence-corrected chi connectivity index (χ2v) is 8.29. The summed E-state index contributed by atoms with van der Waals surface area (Å²) < 4.78 is 0. The zero-order valence-electron chi connectivity index (χ0n) is 11.0. The van der Waals surface area contributed by atoms with Gasteiger partial charge in [-0.2, -0.15) is 0 Å². The van der Waals surface area contributed by atoms with Crippen molar-refractivity contribution in [3.8, 4) is 0 Å². The molecule has 7 aliphatic rings. The first kappa shape index (κ1) is 10.6. The molecule has 0 amide bonds. The Morgan fingerprint density at radius 2 is 1.28 bits per heavy atom. The molecule has 0 heterocycles. The fourth-order valence-corrected chi connectivity index (χ4v) is 7.78. The molecule has 0 aromatic carbocycles. The normalized spacial score (nSPS) is 63.8. The van der Waals surface area contributed by atoms with Crippen molar-refractivity contribution in [2.24, 2.45) is 64.0 Å². The van der Waals surface area contributed by atoms with Gasteiger partial charge in [0, 0.05) is 5.41 Å². The third-order valence-corrected chi connectivity index (χ3v) is 7.88. The summed E-state index contributed by atoms with van der Waals surface area (Å²) in [6.07, 6.45) is 8.43. The van der Waals surface area contributed by atoms with Crippen LogP contribution in [0.1, 0.15) is 38.5 Å². The third-order valence-electron chi connectivity index (χ3n) is 7.88. The van der Waals surface area contributed by atoms with Gasteiger partial charge in [-0.05, 0) is 80.0 Å². The molecular formula is C15H25N3. The van der Waals surface area contributed by atoms with Crippen LogP contribution < -0.4 is 17.2 Å². The molecule has 0 radical (unpaired) electrons. The van der Waals surface area contributed by atoms with E-state index >= 15 is 0 Å². The monoisotopic (exact) mass is 247 g/mol. The average molecular weight is 247 g/mol. The first-order valence-electron chi connectivity index (χ1n) is 7.87. The molecule has 0 spiro atoms. The molecule has 6 N–H and O–H groups in total. The van der Waals surface area contributed by atoms with Crippen LogP contribution in [0.5, 0.6) is 0 Å². The molecule has 3 nitrogen and oxygen atoms in total. The maximum Gasteiger partial charge on any atom is 0.122 e. The molecule has 18 heavy (non-hydrogen) atoms. The molecule has 4 atom stereocenters. The lowest BCUT2D eigenvalue weighted by Gasteiger charge is -2.76. The van der Waals surface area contributed by atoms with E-state index in [1.54, 1.807) is 0 Å². The Morgan fingerprint density at radius 1 is 0.722 bits per heavy atom. The van der Waals surface area contributed by atoms with E-state index in [1.807, 2.05) is 0 Å². The van der Waals surface area contributed by atoms with Crippen molar-refractivity contribution in [1.29, 1.82) is 0 Å². The summed E-state index contributed by atoms with van der Waals surface area (Å²) in [6, 6.07) is 0. The molecule has 7 fully saturated rings. The van der Waals surface area contributed by atoms with Gasteiger partial charge in [-0.3, -0.25) is 0 Å². The lowest BCUT2D eigenvalue weighted by atomic mass is 9.29. The zero-order chi connectivity index (χ0) is 12.3. The molecule has 8 bridgehead atoms. The van der Waals surface area contributed by atoms with Gasteiger partial charge in [0.15, 0.2) is 0 Å². The van der Waals surface area contributed by atoms with E-state index in [9.17, 15) is 0 Å². The first-order valence-corrected chi connectivity index (χ1v) is 7.87. The highest BCUT2D eigenvalue weighted by molar-refractivity contribution is 5.22. The quantitative estimate of drug-likeness (QED) is 0.610. The SMILES string of the molecule is NC(N)(N)C12CC3CC4C5CC(CC41)CC2C5C3. The van der Waals surface area contributed by atoms with E-state index in [4.69, 9.17) is 17.2 Å². The van der Waals surface area contributed by atoms with Gasteiger partial charge in [-0.15, -0.1) is 0 Å². The van der Waals surface area contributed by atoms with Crippen LogP contribution in [-0.4, -0.2) is 5.79 Å². The first-order chi connectivity index (χ1) is 8.50. The molecule has 0 aromatic rings. The Hall–Kier alpha value is -0.120. The van der Waals surface area contributed by atoms with Gasteiger partial charge in [0.05, 0.1) is 0 Å². The molecule has 0 aromatic heterocycles. The summed E-state index contributed by atoms with van der Waals surface area (Å²) in [4.78, 5) is 0. The average Bonchev–Trinajstić information content (AvgIpc) is 2.33. The standard InChI is InChI=1S/C15H25N3/c16-15(17,18)14-6-8-2-10-9-1-7(4-12(10)14)5-13(14)11(9)3-8/h7-13H,1-6,16-18H2. The predicted octanol–water partition coefficient (Wildman–Crippen LogP) is 1.22. The maximum atomic E-state index is 6.34. The van der Waals surface area contributed by atoms with E-state index < -0.39 is 5.79 Å². The number of hydrogen-bond acceptors (Lipinski definition) is 3. The minimum atomic E-state index is -0.939. The molecule has 4 unspecified atom stereocenters. The van der Waals surface area contributed by atoms with E-state index in [-0.39, 0.29) is 5.41 Å². The van der Waals surface area contributed by atoms with Crippen LogP contribution in [0.25, 0.3) is 0 Å². The lowest BCUT2D eigenvalue weighted by Crippen LogP contribution is -2.81. The van der Waals surface area contributed by atoms with Gasteiger partial charge >= 0.3 is 0 Å². The van der Waals surface area contributed by atoms with Crippen molar-refractivity contribution in [2.75, 3.05) is 0 Å². The molecule has 3 heteroatoms. The highest BCUT2D eigenvalue weighted by Gasteiger charge is 2.73. The Bertz CT molecular complexity index is 388. The third kappa shape index (κ3) is 0.918. The van der Waals surface area contributed by atoms with Crippen LogP contribution in [0.15, 0.2) is 0 Å². The van der Waals surface area contributed by atoms with Gasteiger partial charge in [0.1, 0.15) is 5.79 Å². The largest absolute Gasteiger partial charge is 0.301 e. The van der Waals surface area contributed by atoms with Gasteiger partial charge < -0.3 is 17.2 Å². The summed E-state index contributed by atoms with van der Waals surface area (Å²) in [7, 11) is 0. The minimum Gasteiger partial charge on any atom is -0.301 e. The van der Waals surface area contributed by atoms with Gasteiger partial charge in [0.25, 0.3) is 0 Å². The van der Waals surface area contributed by atoms with Gasteiger partial charge in [-0.1, -0.05) is 0 Å². The van der Waals surface area contributed by atoms with Crippen molar-refractivity contribution in [3.63, 3.8) is 0 Å². The Labute approximate surface area is 109 Å². The summed E-state index contributed by atoms with van der Waals surface area (Å²) in [6.45, 7) is 0. The van der Waals surface area contributed by atoms with Gasteiger partial charge in [0.2, 0.25) is 0 Å². The second-order valence-electron chi connectivity index (χ2n) is 8.29. The number of rotatable bonds is 1. The topological polar surface area (TPSA) is 78.1 Å². The Kier molecular flexibility index (Phi) is 1.66. The summed E-state index contributed by atoms with van der Waals surface area (Å²) in [5.74, 6) is 5.29. The van der Waals surface area contributed by atoms with Crippen LogP contribution in [0.3, 0.4) is 0 Å². The highest BCUT2D eigenvalue weighted by Crippen LogP contribution is 2.76. The lowest BCUT2D eigenvalue weighted by molar-refractivity contribution is -0.277. The van der Waals surface area contributed by atoms with Crippen molar-refractivity contribution in [1.82, 2.24) is 0 Å². The maximum absolute atomic E-state index is 6.34. The van der Waals surface area contributed by atoms with Gasteiger partial charge in [-0.25, -0.2) is 0 Å². The second kappa shape index (κ2) is 2.82. The van der Waals surface area contributed by atoms with Crippen LogP contribution in [0.2, 0.25) is 0 Å². The Balaban J connectivity index is 1.72. The minimum absolute atomic E-state index is 0.0942. The van der Waals surface area contributed by atoms with Crippen LogP contribution in [0, 0.1) is 46.8 Å². The number of nitrogens with two attached hydrogens (primary N) is 3. The smallest absolute Gasteiger partial charge is 0.122 e. The van der Waals surface area contributed by atoms with E-state index in [0.717, 1.165) is 41.4 Å². The summed E-state index contributed by atoms with van der Waals surface area (Å²) >= 11 is 0. The highest BCUT2D eigenvalue weighted by atomic mass is 15.2. The van der Waals surface area contributed by atoms with Crippen LogP contribution in [-0.2, 0) is 0 Å². The Morgan fingerprint density at radius 3 is 1.83 bits per heavy atom.